The fourth-order valence-electron chi connectivity index (χ4n) is 2.02. The molecule has 0 spiro atoms. The second-order valence-corrected chi connectivity index (χ2v) is 5.10. The summed E-state index contributed by atoms with van der Waals surface area (Å²) >= 11 is 1.66. The summed E-state index contributed by atoms with van der Waals surface area (Å²) in [4.78, 5) is 19.5. The molecule has 1 amide bonds. The molecule has 1 fully saturated rings. The SMILES string of the molecule is CNC(=O)C1CNCCN1Cc1scnc1C. The summed E-state index contributed by atoms with van der Waals surface area (Å²) in [5, 5.41) is 5.99. The lowest BCUT2D eigenvalue weighted by Gasteiger charge is -2.34. The van der Waals surface area contributed by atoms with E-state index in [1.807, 2.05) is 12.4 Å². The van der Waals surface area contributed by atoms with Gasteiger partial charge < -0.3 is 10.6 Å². The topological polar surface area (TPSA) is 57.3 Å². The number of aromatic nitrogens is 1. The fraction of sp³-hybridized carbons (Fsp3) is 0.636. The standard InChI is InChI=1S/C11H18N4OS/c1-8-10(17-7-14-8)6-15-4-3-13-5-9(15)11(16)12-2/h7,9,13H,3-6H2,1-2H3,(H,12,16). The summed E-state index contributed by atoms with van der Waals surface area (Å²) in [6.45, 7) is 5.39. The number of hydrogen-bond donors (Lipinski definition) is 2. The zero-order valence-corrected chi connectivity index (χ0v) is 11.0. The minimum absolute atomic E-state index is 0.0738. The summed E-state index contributed by atoms with van der Waals surface area (Å²) in [6, 6.07) is -0.0738. The highest BCUT2D eigenvalue weighted by molar-refractivity contribution is 7.09. The number of amides is 1. The molecule has 1 aromatic heterocycles. The maximum absolute atomic E-state index is 11.8. The summed E-state index contributed by atoms with van der Waals surface area (Å²) < 4.78 is 0. The number of nitrogens with one attached hydrogen (secondary N) is 2. The zero-order chi connectivity index (χ0) is 12.3. The van der Waals surface area contributed by atoms with E-state index in [9.17, 15) is 4.79 Å². The van der Waals surface area contributed by atoms with Crippen molar-refractivity contribution in [3.05, 3.63) is 16.1 Å². The van der Waals surface area contributed by atoms with Gasteiger partial charge in [-0.25, -0.2) is 4.98 Å². The highest BCUT2D eigenvalue weighted by Crippen LogP contribution is 2.17. The van der Waals surface area contributed by atoms with Gasteiger partial charge in [-0.2, -0.15) is 0 Å². The summed E-state index contributed by atoms with van der Waals surface area (Å²) in [5.41, 5.74) is 2.94. The van der Waals surface area contributed by atoms with Crippen LogP contribution in [0.2, 0.25) is 0 Å². The molecule has 6 heteroatoms. The highest BCUT2D eigenvalue weighted by Gasteiger charge is 2.28. The first-order chi connectivity index (χ1) is 8.22. The Morgan fingerprint density at radius 2 is 2.59 bits per heavy atom. The van der Waals surface area contributed by atoms with Crippen molar-refractivity contribution in [1.82, 2.24) is 20.5 Å². The van der Waals surface area contributed by atoms with Crippen molar-refractivity contribution >= 4 is 17.2 Å². The van der Waals surface area contributed by atoms with E-state index < -0.39 is 0 Å². The molecule has 1 aromatic rings. The molecule has 2 rings (SSSR count). The predicted octanol–water partition coefficient (Wildman–Crippen LogP) is -0.0287. The maximum atomic E-state index is 11.8. The number of likely N-dealkylation sites (N-methyl/N-ethyl adjacent to an activating group) is 1. The molecule has 0 bridgehead atoms. The fourth-order valence-corrected chi connectivity index (χ4v) is 2.82. The lowest BCUT2D eigenvalue weighted by atomic mass is 10.1. The van der Waals surface area contributed by atoms with Crippen molar-refractivity contribution in [3.8, 4) is 0 Å². The molecule has 2 heterocycles. The van der Waals surface area contributed by atoms with E-state index in [4.69, 9.17) is 0 Å². The van der Waals surface area contributed by atoms with Crippen LogP contribution in [0.3, 0.4) is 0 Å². The van der Waals surface area contributed by atoms with Gasteiger partial charge >= 0.3 is 0 Å². The quantitative estimate of drug-likeness (QED) is 0.795. The number of carbonyl (C=O) groups is 1. The van der Waals surface area contributed by atoms with Gasteiger partial charge in [0.15, 0.2) is 0 Å². The lowest BCUT2D eigenvalue weighted by molar-refractivity contribution is -0.126. The third-order valence-electron chi connectivity index (χ3n) is 3.09. The Morgan fingerprint density at radius 1 is 1.76 bits per heavy atom. The van der Waals surface area contributed by atoms with Gasteiger partial charge in [-0.15, -0.1) is 11.3 Å². The number of nitrogens with zero attached hydrogens (tertiary/aromatic N) is 2. The molecule has 0 saturated carbocycles. The van der Waals surface area contributed by atoms with Crippen molar-refractivity contribution in [2.24, 2.45) is 0 Å². The molecule has 5 nitrogen and oxygen atoms in total. The highest BCUT2D eigenvalue weighted by atomic mass is 32.1. The first-order valence-corrected chi connectivity index (χ1v) is 6.65. The van der Waals surface area contributed by atoms with E-state index >= 15 is 0 Å². The maximum Gasteiger partial charge on any atom is 0.238 e. The van der Waals surface area contributed by atoms with E-state index in [0.717, 1.165) is 31.9 Å². The number of piperazine rings is 1. The molecule has 1 aliphatic heterocycles. The molecular formula is C11H18N4OS. The average Bonchev–Trinajstić information content (AvgIpc) is 2.75. The molecule has 1 aliphatic rings. The van der Waals surface area contributed by atoms with Crippen LogP contribution in [0.5, 0.6) is 0 Å². The van der Waals surface area contributed by atoms with Crippen LogP contribution >= 0.6 is 11.3 Å². The number of hydrogen-bond acceptors (Lipinski definition) is 5. The molecule has 1 unspecified atom stereocenters. The molecular weight excluding hydrogens is 236 g/mol. The number of aryl methyl sites for hydroxylation is 1. The monoisotopic (exact) mass is 254 g/mol. The molecule has 0 aliphatic carbocycles. The van der Waals surface area contributed by atoms with Crippen LogP contribution in [0.1, 0.15) is 10.6 Å². The van der Waals surface area contributed by atoms with Gasteiger partial charge in [-0.05, 0) is 6.92 Å². The van der Waals surface area contributed by atoms with E-state index in [1.165, 1.54) is 4.88 Å². The number of carbonyl (C=O) groups excluding carboxylic acids is 1. The minimum atomic E-state index is -0.0738. The molecule has 1 atom stereocenters. The van der Waals surface area contributed by atoms with Crippen LogP contribution in [0.4, 0.5) is 0 Å². The average molecular weight is 254 g/mol. The van der Waals surface area contributed by atoms with Crippen molar-refractivity contribution in [2.75, 3.05) is 26.7 Å². The van der Waals surface area contributed by atoms with Gasteiger partial charge in [0.1, 0.15) is 6.04 Å². The first-order valence-electron chi connectivity index (χ1n) is 5.77. The van der Waals surface area contributed by atoms with Gasteiger partial charge in [0.25, 0.3) is 0 Å². The van der Waals surface area contributed by atoms with Gasteiger partial charge in [0, 0.05) is 38.1 Å². The van der Waals surface area contributed by atoms with E-state index in [1.54, 1.807) is 18.4 Å². The smallest absolute Gasteiger partial charge is 0.238 e. The Labute approximate surface area is 105 Å². The molecule has 17 heavy (non-hydrogen) atoms. The lowest BCUT2D eigenvalue weighted by Crippen LogP contribution is -2.56. The van der Waals surface area contributed by atoms with Crippen molar-refractivity contribution < 1.29 is 4.79 Å². The summed E-state index contributed by atoms with van der Waals surface area (Å²) in [5.74, 6) is 0.0827. The van der Waals surface area contributed by atoms with Crippen LogP contribution in [0.15, 0.2) is 5.51 Å². The Morgan fingerprint density at radius 3 is 3.24 bits per heavy atom. The van der Waals surface area contributed by atoms with Gasteiger partial charge in [0.05, 0.1) is 11.2 Å². The van der Waals surface area contributed by atoms with Crippen LogP contribution in [0.25, 0.3) is 0 Å². The van der Waals surface area contributed by atoms with Crippen LogP contribution in [0, 0.1) is 6.92 Å². The summed E-state index contributed by atoms with van der Waals surface area (Å²) in [7, 11) is 1.69. The molecule has 1 saturated heterocycles. The minimum Gasteiger partial charge on any atom is -0.358 e. The molecule has 94 valence electrons. The third kappa shape index (κ3) is 2.83. The Balaban J connectivity index is 2.06. The van der Waals surface area contributed by atoms with Crippen LogP contribution in [-0.4, -0.2) is 48.5 Å². The van der Waals surface area contributed by atoms with E-state index in [2.05, 4.69) is 20.5 Å². The van der Waals surface area contributed by atoms with Crippen molar-refractivity contribution in [3.63, 3.8) is 0 Å². The van der Waals surface area contributed by atoms with Crippen molar-refractivity contribution in [1.29, 1.82) is 0 Å². The third-order valence-corrected chi connectivity index (χ3v) is 4.01. The van der Waals surface area contributed by atoms with Gasteiger partial charge in [-0.1, -0.05) is 0 Å². The van der Waals surface area contributed by atoms with Gasteiger partial charge in [-0.3, -0.25) is 9.69 Å². The first kappa shape index (κ1) is 12.5. The molecule has 0 aromatic carbocycles. The van der Waals surface area contributed by atoms with Gasteiger partial charge in [0.2, 0.25) is 5.91 Å². The zero-order valence-electron chi connectivity index (χ0n) is 10.2. The molecule has 2 N–H and O–H groups in total. The predicted molar refractivity (Wildman–Crippen MR) is 68.0 cm³/mol. The normalized spacial score (nSPS) is 21.4. The second-order valence-electron chi connectivity index (χ2n) is 4.17. The second kappa shape index (κ2) is 5.57. The van der Waals surface area contributed by atoms with Crippen LogP contribution < -0.4 is 10.6 Å². The van der Waals surface area contributed by atoms with E-state index in [-0.39, 0.29) is 11.9 Å². The number of rotatable bonds is 3. The Kier molecular flexibility index (Phi) is 4.09. The number of thiazole rings is 1. The van der Waals surface area contributed by atoms with Crippen molar-refractivity contribution in [2.45, 2.75) is 19.5 Å². The largest absolute Gasteiger partial charge is 0.358 e. The van der Waals surface area contributed by atoms with E-state index in [0.29, 0.717) is 0 Å². The summed E-state index contributed by atoms with van der Waals surface area (Å²) in [6.07, 6.45) is 0. The van der Waals surface area contributed by atoms with Crippen LogP contribution in [-0.2, 0) is 11.3 Å². The Bertz CT molecular complexity index is 393. The Hall–Kier alpha value is -0.980. The molecule has 0 radical (unpaired) electrons.